The molecule has 4 heteroatoms. The van der Waals surface area contributed by atoms with Crippen LogP contribution in [0.2, 0.25) is 0 Å². The smallest absolute Gasteiger partial charge is 0.320 e. The van der Waals surface area contributed by atoms with Crippen molar-refractivity contribution in [2.75, 3.05) is 6.54 Å². The van der Waals surface area contributed by atoms with Crippen molar-refractivity contribution in [3.63, 3.8) is 0 Å². The van der Waals surface area contributed by atoms with Crippen LogP contribution in [0.5, 0.6) is 0 Å². The van der Waals surface area contributed by atoms with Crippen LogP contribution < -0.4 is 0 Å². The number of aliphatic carboxylic acids is 1. The Morgan fingerprint density at radius 1 is 1.25 bits per heavy atom. The number of nitrogens with zero attached hydrogens (tertiary/aromatic N) is 2. The Morgan fingerprint density at radius 2 is 2.08 bits per heavy atom. The Balaban J connectivity index is 2.11. The van der Waals surface area contributed by atoms with Crippen LogP contribution in [-0.2, 0) is 4.79 Å². The van der Waals surface area contributed by atoms with Crippen LogP contribution in [0.1, 0.15) is 47.7 Å². The van der Waals surface area contributed by atoms with E-state index in [1.54, 1.807) is 6.20 Å². The van der Waals surface area contributed by atoms with Gasteiger partial charge in [0.1, 0.15) is 6.04 Å². The molecule has 2 unspecified atom stereocenters. The third-order valence-corrected chi connectivity index (χ3v) is 4.86. The highest BCUT2D eigenvalue weighted by molar-refractivity contribution is 5.73. The van der Waals surface area contributed by atoms with Gasteiger partial charge in [0.2, 0.25) is 0 Å². The number of aryl methyl sites for hydroxylation is 2. The van der Waals surface area contributed by atoms with E-state index in [-0.39, 0.29) is 6.04 Å². The lowest BCUT2D eigenvalue weighted by Gasteiger charge is -2.39. The average molecular weight is 324 g/mol. The SMILES string of the molecule is Cc1ccc(C)c(C(c2ccccn2)N2CCCCC2C(=O)O)c1. The molecule has 126 valence electrons. The minimum absolute atomic E-state index is 0.118. The van der Waals surface area contributed by atoms with Gasteiger partial charge in [-0.05, 0) is 56.5 Å². The zero-order valence-electron chi connectivity index (χ0n) is 14.3. The number of hydrogen-bond acceptors (Lipinski definition) is 3. The predicted molar refractivity (Wildman–Crippen MR) is 94.0 cm³/mol. The minimum atomic E-state index is -0.735. The van der Waals surface area contributed by atoms with Gasteiger partial charge in [-0.1, -0.05) is 36.2 Å². The molecular formula is C20H24N2O2. The highest BCUT2D eigenvalue weighted by Gasteiger charge is 2.36. The standard InChI is InChI=1S/C20H24N2O2/c1-14-9-10-15(2)16(13-14)19(17-7-3-5-11-21-17)22-12-6-4-8-18(22)20(23)24/h3,5,7,9-11,13,18-19H,4,6,8,12H2,1-2H3,(H,23,24). The molecule has 4 nitrogen and oxygen atoms in total. The maximum absolute atomic E-state index is 11.8. The van der Waals surface area contributed by atoms with Crippen LogP contribution in [0.3, 0.4) is 0 Å². The summed E-state index contributed by atoms with van der Waals surface area (Å²) in [4.78, 5) is 18.5. The van der Waals surface area contributed by atoms with Crippen molar-refractivity contribution < 1.29 is 9.90 Å². The summed E-state index contributed by atoms with van der Waals surface area (Å²) in [7, 11) is 0. The van der Waals surface area contributed by atoms with Gasteiger partial charge >= 0.3 is 5.97 Å². The van der Waals surface area contributed by atoms with E-state index in [2.05, 4.69) is 41.9 Å². The topological polar surface area (TPSA) is 53.4 Å². The third-order valence-electron chi connectivity index (χ3n) is 4.86. The normalized spacial score (nSPS) is 19.8. The van der Waals surface area contributed by atoms with Crippen LogP contribution in [-0.4, -0.2) is 33.5 Å². The Bertz CT molecular complexity index is 715. The Morgan fingerprint density at radius 3 is 2.79 bits per heavy atom. The molecule has 1 aromatic carbocycles. The van der Waals surface area contributed by atoms with Gasteiger partial charge in [0.25, 0.3) is 0 Å². The van der Waals surface area contributed by atoms with Gasteiger partial charge in [0.15, 0.2) is 0 Å². The van der Waals surface area contributed by atoms with Gasteiger partial charge in [-0.25, -0.2) is 0 Å². The number of aromatic nitrogens is 1. The van der Waals surface area contributed by atoms with Gasteiger partial charge in [-0.2, -0.15) is 0 Å². The summed E-state index contributed by atoms with van der Waals surface area (Å²) >= 11 is 0. The Hall–Kier alpha value is -2.20. The molecule has 0 aliphatic carbocycles. The lowest BCUT2D eigenvalue weighted by Crippen LogP contribution is -2.47. The lowest BCUT2D eigenvalue weighted by atomic mass is 9.91. The molecule has 1 fully saturated rings. The molecule has 0 spiro atoms. The van der Waals surface area contributed by atoms with E-state index in [1.165, 1.54) is 11.1 Å². The number of carboxylic acid groups (broad SMARTS) is 1. The molecule has 0 bridgehead atoms. The molecule has 1 N–H and O–H groups in total. The first-order chi connectivity index (χ1) is 11.6. The summed E-state index contributed by atoms with van der Waals surface area (Å²) in [6, 6.07) is 11.7. The summed E-state index contributed by atoms with van der Waals surface area (Å²) in [5.41, 5.74) is 4.42. The van der Waals surface area contributed by atoms with Gasteiger partial charge in [0.05, 0.1) is 11.7 Å². The summed E-state index contributed by atoms with van der Waals surface area (Å²) in [6.07, 6.45) is 4.48. The summed E-state index contributed by atoms with van der Waals surface area (Å²) < 4.78 is 0. The van der Waals surface area contributed by atoms with Gasteiger partial charge in [-0.15, -0.1) is 0 Å². The van der Waals surface area contributed by atoms with E-state index in [0.29, 0.717) is 6.42 Å². The number of piperidine rings is 1. The first-order valence-electron chi connectivity index (χ1n) is 8.54. The number of likely N-dealkylation sites (tertiary alicyclic amines) is 1. The van der Waals surface area contributed by atoms with Crippen LogP contribution >= 0.6 is 0 Å². The molecule has 2 atom stereocenters. The summed E-state index contributed by atoms with van der Waals surface area (Å²) in [6.45, 7) is 4.94. The number of hydrogen-bond donors (Lipinski definition) is 1. The van der Waals surface area contributed by atoms with E-state index < -0.39 is 12.0 Å². The number of carboxylic acids is 1. The highest BCUT2D eigenvalue weighted by atomic mass is 16.4. The number of pyridine rings is 1. The lowest BCUT2D eigenvalue weighted by molar-refractivity contribution is -0.145. The van der Waals surface area contributed by atoms with Crippen molar-refractivity contribution in [3.8, 4) is 0 Å². The summed E-state index contributed by atoms with van der Waals surface area (Å²) in [5, 5.41) is 9.71. The molecule has 2 aromatic rings. The number of rotatable bonds is 4. The van der Waals surface area contributed by atoms with Crippen molar-refractivity contribution in [2.45, 2.75) is 45.2 Å². The fourth-order valence-electron chi connectivity index (χ4n) is 3.63. The second-order valence-electron chi connectivity index (χ2n) is 6.60. The van der Waals surface area contributed by atoms with Gasteiger partial charge in [0, 0.05) is 6.20 Å². The molecule has 2 heterocycles. The van der Waals surface area contributed by atoms with Gasteiger partial charge < -0.3 is 5.11 Å². The van der Waals surface area contributed by atoms with E-state index in [1.807, 2.05) is 18.2 Å². The van der Waals surface area contributed by atoms with Crippen LogP contribution in [0, 0.1) is 13.8 Å². The van der Waals surface area contributed by atoms with Crippen molar-refractivity contribution in [1.82, 2.24) is 9.88 Å². The summed E-state index contributed by atoms with van der Waals surface area (Å²) in [5.74, 6) is -0.735. The average Bonchev–Trinajstić information content (AvgIpc) is 2.59. The van der Waals surface area contributed by atoms with Crippen molar-refractivity contribution >= 4 is 5.97 Å². The van der Waals surface area contributed by atoms with Gasteiger partial charge in [-0.3, -0.25) is 14.7 Å². The molecule has 0 amide bonds. The number of benzene rings is 1. The van der Waals surface area contributed by atoms with Crippen LogP contribution in [0.15, 0.2) is 42.6 Å². The monoisotopic (exact) mass is 324 g/mol. The molecule has 0 saturated carbocycles. The quantitative estimate of drug-likeness (QED) is 0.931. The molecule has 1 aliphatic rings. The molecule has 1 aromatic heterocycles. The van der Waals surface area contributed by atoms with E-state index in [9.17, 15) is 9.90 Å². The Kier molecular flexibility index (Phi) is 4.95. The number of carbonyl (C=O) groups is 1. The van der Waals surface area contributed by atoms with E-state index >= 15 is 0 Å². The zero-order valence-corrected chi connectivity index (χ0v) is 14.3. The highest BCUT2D eigenvalue weighted by Crippen LogP contribution is 2.35. The van der Waals surface area contributed by atoms with E-state index in [0.717, 1.165) is 30.6 Å². The second kappa shape index (κ2) is 7.14. The predicted octanol–water partition coefficient (Wildman–Crippen LogP) is 3.73. The largest absolute Gasteiger partial charge is 0.480 e. The first kappa shape index (κ1) is 16.7. The van der Waals surface area contributed by atoms with E-state index in [4.69, 9.17) is 0 Å². The minimum Gasteiger partial charge on any atom is -0.480 e. The molecule has 24 heavy (non-hydrogen) atoms. The van der Waals surface area contributed by atoms with Crippen molar-refractivity contribution in [1.29, 1.82) is 0 Å². The molecule has 3 rings (SSSR count). The molecule has 1 aliphatic heterocycles. The fourth-order valence-corrected chi connectivity index (χ4v) is 3.63. The molecular weight excluding hydrogens is 300 g/mol. The second-order valence-corrected chi connectivity index (χ2v) is 6.60. The van der Waals surface area contributed by atoms with Crippen molar-refractivity contribution in [3.05, 3.63) is 65.0 Å². The van der Waals surface area contributed by atoms with Crippen molar-refractivity contribution in [2.24, 2.45) is 0 Å². The maximum atomic E-state index is 11.8. The maximum Gasteiger partial charge on any atom is 0.320 e. The van der Waals surface area contributed by atoms with Crippen LogP contribution in [0.25, 0.3) is 0 Å². The zero-order chi connectivity index (χ0) is 17.1. The Labute approximate surface area is 143 Å². The van der Waals surface area contributed by atoms with Crippen LogP contribution in [0.4, 0.5) is 0 Å². The fraction of sp³-hybridized carbons (Fsp3) is 0.400. The molecule has 1 saturated heterocycles. The third kappa shape index (κ3) is 3.34. The molecule has 0 radical (unpaired) electrons. The first-order valence-corrected chi connectivity index (χ1v) is 8.54.